The van der Waals surface area contributed by atoms with Crippen LogP contribution in [-0.4, -0.2) is 42.6 Å². The standard InChI is InChI=1S/C17H24BrFN4/c1-2-20-17(21-10-12-7-13(18)9-14(19)8-12)22-15-5-6-23(11-15)16-3-4-16/h7-9,15-16H,2-6,10-11H2,1H3,(H2,20,21,22). The number of benzene rings is 1. The van der Waals surface area contributed by atoms with E-state index in [2.05, 4.69) is 43.4 Å². The molecule has 0 radical (unpaired) electrons. The van der Waals surface area contributed by atoms with Crippen molar-refractivity contribution in [2.45, 2.75) is 44.8 Å². The van der Waals surface area contributed by atoms with E-state index in [1.807, 2.05) is 6.07 Å². The molecule has 2 aliphatic rings. The van der Waals surface area contributed by atoms with Gasteiger partial charge in [0, 0.05) is 36.2 Å². The quantitative estimate of drug-likeness (QED) is 0.607. The molecule has 1 atom stereocenters. The van der Waals surface area contributed by atoms with E-state index in [9.17, 15) is 4.39 Å². The zero-order chi connectivity index (χ0) is 16.2. The van der Waals surface area contributed by atoms with Crippen molar-refractivity contribution in [2.75, 3.05) is 19.6 Å². The second-order valence-electron chi connectivity index (χ2n) is 6.33. The second kappa shape index (κ2) is 7.62. The number of guanidine groups is 1. The molecule has 0 amide bonds. The summed E-state index contributed by atoms with van der Waals surface area (Å²) in [4.78, 5) is 7.18. The SMILES string of the molecule is CCNC(=NCc1cc(F)cc(Br)c1)NC1CCN(C2CC2)C1. The van der Waals surface area contributed by atoms with Crippen LogP contribution in [0.4, 0.5) is 4.39 Å². The first kappa shape index (κ1) is 16.7. The first-order chi connectivity index (χ1) is 11.1. The van der Waals surface area contributed by atoms with Crippen molar-refractivity contribution in [1.29, 1.82) is 0 Å². The summed E-state index contributed by atoms with van der Waals surface area (Å²) in [6, 6.07) is 6.17. The molecule has 0 bridgehead atoms. The van der Waals surface area contributed by atoms with E-state index in [4.69, 9.17) is 0 Å². The Balaban J connectivity index is 1.58. The molecule has 6 heteroatoms. The predicted octanol–water partition coefficient (Wildman–Crippen LogP) is 2.88. The Morgan fingerprint density at radius 2 is 2.17 bits per heavy atom. The van der Waals surface area contributed by atoms with Gasteiger partial charge >= 0.3 is 0 Å². The zero-order valence-corrected chi connectivity index (χ0v) is 15.1. The first-order valence-corrected chi connectivity index (χ1v) is 9.17. The molecule has 0 aromatic heterocycles. The van der Waals surface area contributed by atoms with Gasteiger partial charge in [-0.2, -0.15) is 0 Å². The first-order valence-electron chi connectivity index (χ1n) is 8.38. The molecule has 126 valence electrons. The predicted molar refractivity (Wildman–Crippen MR) is 95.1 cm³/mol. The smallest absolute Gasteiger partial charge is 0.191 e. The Morgan fingerprint density at radius 3 is 2.87 bits per heavy atom. The van der Waals surface area contributed by atoms with Gasteiger partial charge in [0.2, 0.25) is 0 Å². The van der Waals surface area contributed by atoms with Gasteiger partial charge in [0.05, 0.1) is 6.54 Å². The lowest BCUT2D eigenvalue weighted by Gasteiger charge is -2.18. The van der Waals surface area contributed by atoms with Gasteiger partial charge in [-0.25, -0.2) is 9.38 Å². The maximum atomic E-state index is 13.4. The molecule has 1 heterocycles. The summed E-state index contributed by atoms with van der Waals surface area (Å²) < 4.78 is 14.2. The minimum atomic E-state index is -0.238. The molecule has 1 saturated heterocycles. The van der Waals surface area contributed by atoms with E-state index in [-0.39, 0.29) is 5.82 Å². The van der Waals surface area contributed by atoms with E-state index in [0.717, 1.165) is 41.5 Å². The molecule has 1 aromatic rings. The summed E-state index contributed by atoms with van der Waals surface area (Å²) in [5.41, 5.74) is 0.861. The van der Waals surface area contributed by atoms with Crippen LogP contribution in [0.25, 0.3) is 0 Å². The number of aliphatic imine (C=N–C) groups is 1. The van der Waals surface area contributed by atoms with Crippen molar-refractivity contribution in [3.05, 3.63) is 34.1 Å². The molecular weight excluding hydrogens is 359 g/mol. The fourth-order valence-electron chi connectivity index (χ4n) is 3.06. The molecule has 2 N–H and O–H groups in total. The topological polar surface area (TPSA) is 39.7 Å². The van der Waals surface area contributed by atoms with Crippen LogP contribution in [0.5, 0.6) is 0 Å². The summed E-state index contributed by atoms with van der Waals surface area (Å²) in [7, 11) is 0. The molecule has 1 saturated carbocycles. The molecule has 1 aliphatic heterocycles. The normalized spacial score (nSPS) is 22.4. The highest BCUT2D eigenvalue weighted by Gasteiger charge is 2.34. The largest absolute Gasteiger partial charge is 0.357 e. The third kappa shape index (κ3) is 4.91. The Hall–Kier alpha value is -1.14. The lowest BCUT2D eigenvalue weighted by molar-refractivity contribution is 0.321. The zero-order valence-electron chi connectivity index (χ0n) is 13.5. The third-order valence-electron chi connectivity index (χ3n) is 4.31. The minimum Gasteiger partial charge on any atom is -0.357 e. The molecule has 0 spiro atoms. The molecule has 1 aromatic carbocycles. The van der Waals surface area contributed by atoms with Crippen molar-refractivity contribution in [2.24, 2.45) is 4.99 Å². The molecule has 4 nitrogen and oxygen atoms in total. The molecule has 1 aliphatic carbocycles. The van der Waals surface area contributed by atoms with E-state index in [0.29, 0.717) is 12.6 Å². The van der Waals surface area contributed by atoms with Crippen LogP contribution in [0.2, 0.25) is 0 Å². The number of hydrogen-bond acceptors (Lipinski definition) is 2. The fourth-order valence-corrected chi connectivity index (χ4v) is 3.58. The third-order valence-corrected chi connectivity index (χ3v) is 4.77. The Labute approximate surface area is 145 Å². The number of nitrogens with zero attached hydrogens (tertiary/aromatic N) is 2. The minimum absolute atomic E-state index is 0.238. The summed E-state index contributed by atoms with van der Waals surface area (Å²) in [6.07, 6.45) is 3.87. The lowest BCUT2D eigenvalue weighted by atomic mass is 10.2. The van der Waals surface area contributed by atoms with Gasteiger partial charge in [-0.3, -0.25) is 4.90 Å². The summed E-state index contributed by atoms with van der Waals surface area (Å²) in [6.45, 7) is 5.61. The van der Waals surface area contributed by atoms with Crippen LogP contribution < -0.4 is 10.6 Å². The Kier molecular flexibility index (Phi) is 5.54. The number of rotatable bonds is 5. The van der Waals surface area contributed by atoms with E-state index in [1.165, 1.54) is 31.5 Å². The van der Waals surface area contributed by atoms with Gasteiger partial charge < -0.3 is 10.6 Å². The van der Waals surface area contributed by atoms with E-state index in [1.54, 1.807) is 0 Å². The molecule has 3 rings (SSSR count). The van der Waals surface area contributed by atoms with Crippen LogP contribution in [0.1, 0.15) is 31.7 Å². The van der Waals surface area contributed by atoms with Crippen LogP contribution in [0, 0.1) is 5.82 Å². The summed E-state index contributed by atoms with van der Waals surface area (Å²) in [5.74, 6) is 0.578. The van der Waals surface area contributed by atoms with Gasteiger partial charge in [0.1, 0.15) is 5.82 Å². The maximum Gasteiger partial charge on any atom is 0.191 e. The monoisotopic (exact) mass is 382 g/mol. The van der Waals surface area contributed by atoms with Gasteiger partial charge in [-0.05, 0) is 49.9 Å². The van der Waals surface area contributed by atoms with Crippen LogP contribution in [0.3, 0.4) is 0 Å². The number of likely N-dealkylation sites (tertiary alicyclic amines) is 1. The molecular formula is C17H24BrFN4. The van der Waals surface area contributed by atoms with Crippen molar-refractivity contribution in [1.82, 2.24) is 15.5 Å². The van der Waals surface area contributed by atoms with E-state index < -0.39 is 0 Å². The number of hydrogen-bond donors (Lipinski definition) is 2. The maximum absolute atomic E-state index is 13.4. The Morgan fingerprint density at radius 1 is 1.35 bits per heavy atom. The highest BCUT2D eigenvalue weighted by molar-refractivity contribution is 9.10. The fraction of sp³-hybridized carbons (Fsp3) is 0.588. The van der Waals surface area contributed by atoms with Crippen LogP contribution in [-0.2, 0) is 6.54 Å². The van der Waals surface area contributed by atoms with Crippen molar-refractivity contribution in [3.63, 3.8) is 0 Å². The molecule has 1 unspecified atom stereocenters. The number of nitrogens with one attached hydrogen (secondary N) is 2. The Bertz CT molecular complexity index is 553. The van der Waals surface area contributed by atoms with Crippen molar-refractivity contribution < 1.29 is 4.39 Å². The van der Waals surface area contributed by atoms with Crippen molar-refractivity contribution in [3.8, 4) is 0 Å². The lowest BCUT2D eigenvalue weighted by Crippen LogP contribution is -2.44. The average Bonchev–Trinajstić information content (AvgIpc) is 3.24. The van der Waals surface area contributed by atoms with Gasteiger partial charge in [-0.1, -0.05) is 15.9 Å². The number of halogens is 2. The summed E-state index contributed by atoms with van der Waals surface area (Å²) >= 11 is 3.32. The molecule has 23 heavy (non-hydrogen) atoms. The van der Waals surface area contributed by atoms with E-state index >= 15 is 0 Å². The van der Waals surface area contributed by atoms with Crippen molar-refractivity contribution >= 4 is 21.9 Å². The van der Waals surface area contributed by atoms with Gasteiger partial charge in [0.15, 0.2) is 5.96 Å². The van der Waals surface area contributed by atoms with Crippen LogP contribution >= 0.6 is 15.9 Å². The highest BCUT2D eigenvalue weighted by atomic mass is 79.9. The highest BCUT2D eigenvalue weighted by Crippen LogP contribution is 2.29. The van der Waals surface area contributed by atoms with Gasteiger partial charge in [-0.15, -0.1) is 0 Å². The molecule has 2 fully saturated rings. The van der Waals surface area contributed by atoms with Gasteiger partial charge in [0.25, 0.3) is 0 Å². The second-order valence-corrected chi connectivity index (χ2v) is 7.24. The summed E-state index contributed by atoms with van der Waals surface area (Å²) in [5, 5.41) is 6.80. The average molecular weight is 383 g/mol. The van der Waals surface area contributed by atoms with Crippen LogP contribution in [0.15, 0.2) is 27.7 Å².